The van der Waals surface area contributed by atoms with Crippen molar-refractivity contribution in [1.82, 2.24) is 16.0 Å². The smallest absolute Gasteiger partial charge is 0.314 e. The zero-order valence-electron chi connectivity index (χ0n) is 10.6. The van der Waals surface area contributed by atoms with Gasteiger partial charge in [-0.2, -0.15) is 0 Å². The second kappa shape index (κ2) is 5.69. The Morgan fingerprint density at radius 2 is 2.35 bits per heavy atom. The van der Waals surface area contributed by atoms with Gasteiger partial charge in [0.1, 0.15) is 0 Å². The molecule has 3 N–H and O–H groups in total. The summed E-state index contributed by atoms with van der Waals surface area (Å²) in [6.07, 6.45) is 4.97. The molecule has 2 rings (SSSR count). The minimum atomic E-state index is -0.0750. The first-order valence-electron chi connectivity index (χ1n) is 6.51. The van der Waals surface area contributed by atoms with Gasteiger partial charge in [0.05, 0.1) is 6.61 Å². The van der Waals surface area contributed by atoms with Crippen LogP contribution in [0.2, 0.25) is 0 Å². The molecule has 0 unspecified atom stereocenters. The molecule has 17 heavy (non-hydrogen) atoms. The lowest BCUT2D eigenvalue weighted by molar-refractivity contribution is 0.193. The highest BCUT2D eigenvalue weighted by atomic mass is 16.5. The molecule has 1 saturated carbocycles. The van der Waals surface area contributed by atoms with E-state index in [1.165, 1.54) is 25.7 Å². The monoisotopic (exact) mass is 241 g/mol. The van der Waals surface area contributed by atoms with E-state index in [9.17, 15) is 4.79 Å². The average Bonchev–Trinajstić information content (AvgIpc) is 2.85. The van der Waals surface area contributed by atoms with Crippen molar-refractivity contribution in [2.45, 2.75) is 31.7 Å². The van der Waals surface area contributed by atoms with Crippen LogP contribution in [0.25, 0.3) is 0 Å². The van der Waals surface area contributed by atoms with E-state index in [2.05, 4.69) is 16.0 Å². The van der Waals surface area contributed by atoms with E-state index in [0.717, 1.165) is 13.1 Å². The van der Waals surface area contributed by atoms with Gasteiger partial charge in [-0.15, -0.1) is 0 Å². The average molecular weight is 241 g/mol. The van der Waals surface area contributed by atoms with Crippen LogP contribution in [0.4, 0.5) is 4.79 Å². The number of ether oxygens (including phenoxy) is 1. The molecule has 0 aromatic carbocycles. The molecule has 1 heterocycles. The van der Waals surface area contributed by atoms with E-state index < -0.39 is 0 Å². The topological polar surface area (TPSA) is 62.4 Å². The predicted octanol–water partition coefficient (Wildman–Crippen LogP) is 0.464. The second-order valence-corrected chi connectivity index (χ2v) is 5.11. The lowest BCUT2D eigenvalue weighted by Gasteiger charge is -2.28. The number of hydrogen-bond acceptors (Lipinski definition) is 3. The molecule has 0 aromatic heterocycles. The van der Waals surface area contributed by atoms with Gasteiger partial charge in [-0.25, -0.2) is 4.79 Å². The number of urea groups is 1. The zero-order chi connectivity index (χ0) is 12.1. The van der Waals surface area contributed by atoms with Gasteiger partial charge in [-0.3, -0.25) is 0 Å². The maximum atomic E-state index is 11.6. The van der Waals surface area contributed by atoms with Crippen LogP contribution in [-0.2, 0) is 4.74 Å². The van der Waals surface area contributed by atoms with Crippen LogP contribution >= 0.6 is 0 Å². The highest BCUT2D eigenvalue weighted by Crippen LogP contribution is 2.43. The van der Waals surface area contributed by atoms with Crippen LogP contribution < -0.4 is 16.0 Å². The van der Waals surface area contributed by atoms with Crippen molar-refractivity contribution in [3.8, 4) is 0 Å². The standard InChI is InChI=1S/C12H23N3O2/c1-17-8-7-14-11(16)15-9-12-4-2-3-10(12)13-6-5-12/h10,13H,2-9H2,1H3,(H2,14,15,16)/t10-,12-/m1/s1. The Morgan fingerprint density at radius 3 is 3.18 bits per heavy atom. The number of amides is 2. The van der Waals surface area contributed by atoms with Crippen molar-refractivity contribution in [3.05, 3.63) is 0 Å². The first-order valence-corrected chi connectivity index (χ1v) is 6.51. The van der Waals surface area contributed by atoms with Gasteiger partial charge in [0.2, 0.25) is 0 Å². The van der Waals surface area contributed by atoms with Crippen molar-refractivity contribution in [1.29, 1.82) is 0 Å². The Labute approximate surface area is 103 Å². The summed E-state index contributed by atoms with van der Waals surface area (Å²) < 4.78 is 4.89. The summed E-state index contributed by atoms with van der Waals surface area (Å²) in [6.45, 7) is 3.01. The normalized spacial score (nSPS) is 31.2. The van der Waals surface area contributed by atoms with Crippen molar-refractivity contribution in [3.63, 3.8) is 0 Å². The van der Waals surface area contributed by atoms with Gasteiger partial charge in [-0.05, 0) is 25.8 Å². The van der Waals surface area contributed by atoms with E-state index in [-0.39, 0.29) is 6.03 Å². The molecule has 0 spiro atoms. The number of methoxy groups -OCH3 is 1. The molecule has 2 amide bonds. The van der Waals surface area contributed by atoms with Gasteiger partial charge in [0.15, 0.2) is 0 Å². The van der Waals surface area contributed by atoms with E-state index in [1.807, 2.05) is 0 Å². The highest BCUT2D eigenvalue weighted by molar-refractivity contribution is 5.73. The second-order valence-electron chi connectivity index (χ2n) is 5.11. The number of nitrogens with one attached hydrogen (secondary N) is 3. The van der Waals surface area contributed by atoms with Gasteiger partial charge in [-0.1, -0.05) is 6.42 Å². The van der Waals surface area contributed by atoms with Crippen molar-refractivity contribution in [2.75, 3.05) is 33.4 Å². The highest BCUT2D eigenvalue weighted by Gasteiger charge is 2.45. The summed E-state index contributed by atoms with van der Waals surface area (Å²) in [5.41, 5.74) is 0.318. The number of carbonyl (C=O) groups excluding carboxylic acids is 1. The van der Waals surface area contributed by atoms with Crippen LogP contribution in [0.15, 0.2) is 0 Å². The van der Waals surface area contributed by atoms with Crippen LogP contribution in [0.5, 0.6) is 0 Å². The molecule has 2 aliphatic rings. The molecule has 2 fully saturated rings. The quantitative estimate of drug-likeness (QED) is 0.613. The largest absolute Gasteiger partial charge is 0.383 e. The summed E-state index contributed by atoms with van der Waals surface area (Å²) in [4.78, 5) is 11.6. The molecular formula is C12H23N3O2. The first kappa shape index (κ1) is 12.6. The maximum absolute atomic E-state index is 11.6. The fraction of sp³-hybridized carbons (Fsp3) is 0.917. The third-order valence-corrected chi connectivity index (χ3v) is 4.11. The molecule has 1 saturated heterocycles. The third-order valence-electron chi connectivity index (χ3n) is 4.11. The number of hydrogen-bond donors (Lipinski definition) is 3. The molecular weight excluding hydrogens is 218 g/mol. The molecule has 5 nitrogen and oxygen atoms in total. The molecule has 1 aliphatic heterocycles. The molecule has 2 atom stereocenters. The van der Waals surface area contributed by atoms with E-state index in [1.54, 1.807) is 7.11 Å². The van der Waals surface area contributed by atoms with Crippen LogP contribution in [-0.4, -0.2) is 45.4 Å². The molecule has 98 valence electrons. The van der Waals surface area contributed by atoms with Gasteiger partial charge in [0.25, 0.3) is 0 Å². The number of carbonyl (C=O) groups is 1. The van der Waals surface area contributed by atoms with E-state index in [4.69, 9.17) is 4.74 Å². The number of rotatable bonds is 5. The molecule has 0 bridgehead atoms. The summed E-state index contributed by atoms with van der Waals surface area (Å²) in [5, 5.41) is 9.33. The van der Waals surface area contributed by atoms with Gasteiger partial charge >= 0.3 is 6.03 Å². The fourth-order valence-electron chi connectivity index (χ4n) is 3.14. The minimum Gasteiger partial charge on any atom is -0.383 e. The van der Waals surface area contributed by atoms with Crippen LogP contribution in [0.1, 0.15) is 25.7 Å². The van der Waals surface area contributed by atoms with Crippen molar-refractivity contribution < 1.29 is 9.53 Å². The first-order chi connectivity index (χ1) is 8.27. The predicted molar refractivity (Wildman–Crippen MR) is 66.0 cm³/mol. The van der Waals surface area contributed by atoms with Crippen LogP contribution in [0, 0.1) is 5.41 Å². The van der Waals surface area contributed by atoms with Crippen LogP contribution in [0.3, 0.4) is 0 Å². The Bertz CT molecular complexity index is 260. The Hall–Kier alpha value is -0.810. The summed E-state index contributed by atoms with van der Waals surface area (Å²) in [7, 11) is 1.63. The zero-order valence-corrected chi connectivity index (χ0v) is 10.6. The van der Waals surface area contributed by atoms with Crippen molar-refractivity contribution >= 4 is 6.03 Å². The third kappa shape index (κ3) is 2.90. The number of fused-ring (bicyclic) bond motifs is 1. The SMILES string of the molecule is COCCNC(=O)NC[C@]12CCC[C@H]1NCC2. The molecule has 5 heteroatoms. The summed E-state index contributed by atoms with van der Waals surface area (Å²) >= 11 is 0. The summed E-state index contributed by atoms with van der Waals surface area (Å²) in [6, 6.07) is 0.538. The lowest BCUT2D eigenvalue weighted by Crippen LogP contribution is -2.46. The molecule has 0 radical (unpaired) electrons. The molecule has 1 aliphatic carbocycles. The minimum absolute atomic E-state index is 0.0750. The fourth-order valence-corrected chi connectivity index (χ4v) is 3.14. The van der Waals surface area contributed by atoms with Gasteiger partial charge in [0, 0.05) is 31.7 Å². The Balaban J connectivity index is 1.72. The Morgan fingerprint density at radius 1 is 1.47 bits per heavy atom. The van der Waals surface area contributed by atoms with Gasteiger partial charge < -0.3 is 20.7 Å². The van der Waals surface area contributed by atoms with Crippen molar-refractivity contribution in [2.24, 2.45) is 5.41 Å². The lowest BCUT2D eigenvalue weighted by atomic mass is 9.82. The summed E-state index contributed by atoms with van der Waals surface area (Å²) in [5.74, 6) is 0. The maximum Gasteiger partial charge on any atom is 0.314 e. The van der Waals surface area contributed by atoms with E-state index in [0.29, 0.717) is 24.6 Å². The Kier molecular flexibility index (Phi) is 4.23. The molecule has 0 aromatic rings. The van der Waals surface area contributed by atoms with E-state index >= 15 is 0 Å².